The summed E-state index contributed by atoms with van der Waals surface area (Å²) in [5.74, 6) is 0. The monoisotopic (exact) mass is 423 g/mol. The number of aromatic nitrogens is 2. The summed E-state index contributed by atoms with van der Waals surface area (Å²) in [4.78, 5) is 34.1. The van der Waals surface area contributed by atoms with E-state index in [9.17, 15) is 9.59 Å². The van der Waals surface area contributed by atoms with Gasteiger partial charge in [0, 0.05) is 107 Å². The SMILES string of the molecule is CN1CCN(c2cc[nH]c(=O)c2)CC1.O=c1cc(N2CCNCC2)cc[nH]1.[V]. The molecule has 8 nitrogen and oxygen atoms in total. The maximum atomic E-state index is 11.1. The van der Waals surface area contributed by atoms with Crippen LogP contribution in [0.15, 0.2) is 46.2 Å². The van der Waals surface area contributed by atoms with Crippen LogP contribution in [0.25, 0.3) is 0 Å². The standard InChI is InChI=1S/C10H15N3O.C9H13N3O.V/c1-12-4-6-13(7-5-12)9-2-3-11-10(14)8-9;13-9-7-8(1-2-11-9)12-5-3-10-4-6-12;/h2-3,8H,4-7H2,1H3,(H,11,14);1-2,7,10H,3-6H2,(H,11,13);. The zero-order valence-corrected chi connectivity index (χ0v) is 17.6. The van der Waals surface area contributed by atoms with Crippen molar-refractivity contribution < 1.29 is 18.6 Å². The molecule has 3 N–H and O–H groups in total. The number of pyridine rings is 2. The summed E-state index contributed by atoms with van der Waals surface area (Å²) in [5, 5.41) is 3.27. The molecule has 2 saturated heterocycles. The Kier molecular flexibility index (Phi) is 8.85. The minimum Gasteiger partial charge on any atom is -0.369 e. The predicted octanol–water partition coefficient (Wildman–Crippen LogP) is -0.0913. The van der Waals surface area contributed by atoms with Gasteiger partial charge in [-0.3, -0.25) is 9.59 Å². The van der Waals surface area contributed by atoms with Crippen molar-refractivity contribution in [2.45, 2.75) is 0 Å². The van der Waals surface area contributed by atoms with Crippen molar-refractivity contribution in [3.63, 3.8) is 0 Å². The normalized spacial score (nSPS) is 17.3. The van der Waals surface area contributed by atoms with E-state index in [1.807, 2.05) is 12.1 Å². The van der Waals surface area contributed by atoms with E-state index in [1.165, 1.54) is 0 Å². The van der Waals surface area contributed by atoms with Crippen molar-refractivity contribution >= 4 is 11.4 Å². The fourth-order valence-corrected chi connectivity index (χ4v) is 3.25. The number of piperazine rings is 2. The molecular weight excluding hydrogens is 395 g/mol. The van der Waals surface area contributed by atoms with Crippen LogP contribution in [-0.4, -0.2) is 74.3 Å². The molecule has 2 fully saturated rings. The molecule has 151 valence electrons. The molecule has 2 aromatic heterocycles. The molecule has 0 spiro atoms. The van der Waals surface area contributed by atoms with Gasteiger partial charge in [-0.25, -0.2) is 0 Å². The Labute approximate surface area is 176 Å². The molecule has 0 aromatic carbocycles. The van der Waals surface area contributed by atoms with Crippen molar-refractivity contribution in [1.29, 1.82) is 0 Å². The number of nitrogens with zero attached hydrogens (tertiary/aromatic N) is 3. The molecule has 0 aliphatic carbocycles. The Morgan fingerprint density at radius 1 is 0.750 bits per heavy atom. The van der Waals surface area contributed by atoms with Crippen molar-refractivity contribution in [3.05, 3.63) is 57.4 Å². The number of rotatable bonds is 2. The Morgan fingerprint density at radius 2 is 1.21 bits per heavy atom. The quantitative estimate of drug-likeness (QED) is 0.626. The van der Waals surface area contributed by atoms with E-state index in [-0.39, 0.29) is 29.7 Å². The maximum absolute atomic E-state index is 11.1. The molecule has 0 unspecified atom stereocenters. The molecule has 2 aliphatic rings. The summed E-state index contributed by atoms with van der Waals surface area (Å²) in [6.07, 6.45) is 3.40. The average Bonchev–Trinajstić information content (AvgIpc) is 2.70. The zero-order chi connectivity index (χ0) is 19.1. The maximum Gasteiger partial charge on any atom is 0.249 e. The molecule has 1 radical (unpaired) electrons. The summed E-state index contributed by atoms with van der Waals surface area (Å²) in [5.41, 5.74) is 1.99. The van der Waals surface area contributed by atoms with Crippen LogP contribution < -0.4 is 26.2 Å². The van der Waals surface area contributed by atoms with E-state index in [0.717, 1.165) is 63.7 Å². The molecule has 4 heterocycles. The van der Waals surface area contributed by atoms with Gasteiger partial charge in [-0.1, -0.05) is 0 Å². The first-order valence-electron chi connectivity index (χ1n) is 9.38. The first kappa shape index (κ1) is 22.3. The van der Waals surface area contributed by atoms with Crippen LogP contribution in [0, 0.1) is 0 Å². The van der Waals surface area contributed by atoms with Gasteiger partial charge in [0.2, 0.25) is 11.1 Å². The summed E-state index contributed by atoms with van der Waals surface area (Å²) in [6, 6.07) is 7.19. The van der Waals surface area contributed by atoms with Crippen LogP contribution >= 0.6 is 0 Å². The Morgan fingerprint density at radius 3 is 1.68 bits per heavy atom. The average molecular weight is 423 g/mol. The summed E-state index contributed by atoms with van der Waals surface area (Å²) in [7, 11) is 2.12. The van der Waals surface area contributed by atoms with Gasteiger partial charge in [0.15, 0.2) is 0 Å². The second-order valence-corrected chi connectivity index (χ2v) is 6.85. The first-order chi connectivity index (χ1) is 13.1. The Hall–Kier alpha value is -2.00. The number of hydrogen-bond donors (Lipinski definition) is 3. The van der Waals surface area contributed by atoms with Crippen LogP contribution in [0.4, 0.5) is 11.4 Å². The van der Waals surface area contributed by atoms with Crippen molar-refractivity contribution in [1.82, 2.24) is 20.2 Å². The van der Waals surface area contributed by atoms with E-state index >= 15 is 0 Å². The molecule has 4 rings (SSSR count). The molecule has 0 bridgehead atoms. The van der Waals surface area contributed by atoms with Gasteiger partial charge < -0.3 is 30.0 Å². The van der Waals surface area contributed by atoms with Crippen molar-refractivity contribution in [3.8, 4) is 0 Å². The van der Waals surface area contributed by atoms with Gasteiger partial charge in [0.1, 0.15) is 0 Å². The van der Waals surface area contributed by atoms with E-state index in [2.05, 4.69) is 37.0 Å². The number of aromatic amines is 2. The first-order valence-corrected chi connectivity index (χ1v) is 9.38. The Balaban J connectivity index is 0.000000194. The van der Waals surface area contributed by atoms with Gasteiger partial charge >= 0.3 is 0 Å². The molecule has 0 atom stereocenters. The zero-order valence-electron chi connectivity index (χ0n) is 16.2. The molecule has 28 heavy (non-hydrogen) atoms. The number of H-pyrrole nitrogens is 2. The fourth-order valence-electron chi connectivity index (χ4n) is 3.25. The van der Waals surface area contributed by atoms with Crippen LogP contribution in [0.5, 0.6) is 0 Å². The largest absolute Gasteiger partial charge is 0.369 e. The van der Waals surface area contributed by atoms with Gasteiger partial charge in [-0.2, -0.15) is 0 Å². The topological polar surface area (TPSA) is 87.5 Å². The molecular formula is C19H28N6O2V. The second-order valence-electron chi connectivity index (χ2n) is 6.85. The molecule has 2 aliphatic heterocycles. The van der Waals surface area contributed by atoms with Gasteiger partial charge in [-0.05, 0) is 19.2 Å². The third kappa shape index (κ3) is 6.56. The van der Waals surface area contributed by atoms with E-state index < -0.39 is 0 Å². The Bertz CT molecular complexity index is 825. The van der Waals surface area contributed by atoms with Crippen LogP contribution in [0.3, 0.4) is 0 Å². The number of hydrogen-bond acceptors (Lipinski definition) is 6. The summed E-state index contributed by atoms with van der Waals surface area (Å²) in [6.45, 7) is 8.06. The molecule has 0 saturated carbocycles. The second kappa shape index (κ2) is 11.1. The minimum atomic E-state index is -0.0315. The summed E-state index contributed by atoms with van der Waals surface area (Å²) >= 11 is 0. The third-order valence-electron chi connectivity index (χ3n) is 4.87. The van der Waals surface area contributed by atoms with Gasteiger partial charge in [0.05, 0.1) is 0 Å². The van der Waals surface area contributed by atoms with Gasteiger partial charge in [-0.15, -0.1) is 0 Å². The van der Waals surface area contributed by atoms with Gasteiger partial charge in [0.25, 0.3) is 0 Å². The molecule has 0 amide bonds. The predicted molar refractivity (Wildman–Crippen MR) is 109 cm³/mol. The summed E-state index contributed by atoms with van der Waals surface area (Å²) < 4.78 is 0. The van der Waals surface area contributed by atoms with E-state index in [4.69, 9.17) is 0 Å². The van der Waals surface area contributed by atoms with Crippen molar-refractivity contribution in [2.24, 2.45) is 0 Å². The fraction of sp³-hybridized carbons (Fsp3) is 0.474. The van der Waals surface area contributed by atoms with E-state index in [1.54, 1.807) is 24.5 Å². The van der Waals surface area contributed by atoms with E-state index in [0.29, 0.717) is 0 Å². The van der Waals surface area contributed by atoms with Crippen LogP contribution in [0.2, 0.25) is 0 Å². The minimum absolute atomic E-state index is 0. The number of likely N-dealkylation sites (N-methyl/N-ethyl adjacent to an activating group) is 1. The number of anilines is 2. The number of nitrogens with one attached hydrogen (secondary N) is 3. The third-order valence-corrected chi connectivity index (χ3v) is 4.87. The molecule has 9 heteroatoms. The smallest absolute Gasteiger partial charge is 0.249 e. The van der Waals surface area contributed by atoms with Crippen LogP contribution in [0.1, 0.15) is 0 Å². The van der Waals surface area contributed by atoms with Crippen molar-refractivity contribution in [2.75, 3.05) is 69.2 Å². The molecule has 2 aromatic rings. The van der Waals surface area contributed by atoms with Crippen LogP contribution in [-0.2, 0) is 18.6 Å².